The molecule has 1 heterocycles. The number of carbonyl (C=O) groups is 1. The molecule has 1 fully saturated rings. The first-order chi connectivity index (χ1) is 9.84. The van der Waals surface area contributed by atoms with Crippen molar-refractivity contribution in [3.8, 4) is 0 Å². The standard InChI is InChI=1S/C17H26N2O2/c1-11-7-8-18-9-13(11)10-19-15-6-5-14(16(20)21)17(3,4)12(15)2/h7-9,12,14-15,19H,5-6,10H2,1-4H3,(H,20,21). The number of aromatic nitrogens is 1. The van der Waals surface area contributed by atoms with Gasteiger partial charge in [-0.2, -0.15) is 0 Å². The van der Waals surface area contributed by atoms with Gasteiger partial charge in [-0.15, -0.1) is 0 Å². The number of hydrogen-bond donors (Lipinski definition) is 2. The highest BCUT2D eigenvalue weighted by molar-refractivity contribution is 5.71. The van der Waals surface area contributed by atoms with E-state index in [1.807, 2.05) is 18.5 Å². The number of carboxylic acid groups (broad SMARTS) is 1. The van der Waals surface area contributed by atoms with Crippen LogP contribution in [0.2, 0.25) is 0 Å². The van der Waals surface area contributed by atoms with Crippen LogP contribution < -0.4 is 5.32 Å². The fourth-order valence-electron chi connectivity index (χ4n) is 3.45. The van der Waals surface area contributed by atoms with Crippen molar-refractivity contribution in [1.29, 1.82) is 0 Å². The Balaban J connectivity index is 2.03. The third kappa shape index (κ3) is 3.26. The minimum atomic E-state index is -0.659. The number of aliphatic carboxylic acids is 1. The third-order valence-electron chi connectivity index (χ3n) is 5.44. The fourth-order valence-corrected chi connectivity index (χ4v) is 3.45. The molecule has 1 aromatic rings. The summed E-state index contributed by atoms with van der Waals surface area (Å²) >= 11 is 0. The molecule has 1 saturated carbocycles. The lowest BCUT2D eigenvalue weighted by Crippen LogP contribution is -2.50. The van der Waals surface area contributed by atoms with Crippen molar-refractivity contribution >= 4 is 5.97 Å². The van der Waals surface area contributed by atoms with E-state index >= 15 is 0 Å². The molecular formula is C17H26N2O2. The highest BCUT2D eigenvalue weighted by Crippen LogP contribution is 2.45. The van der Waals surface area contributed by atoms with E-state index in [1.165, 1.54) is 11.1 Å². The number of pyridine rings is 1. The maximum atomic E-state index is 11.4. The second kappa shape index (κ2) is 6.14. The summed E-state index contributed by atoms with van der Waals surface area (Å²) in [5, 5.41) is 13.0. The van der Waals surface area contributed by atoms with Gasteiger partial charge in [-0.1, -0.05) is 20.8 Å². The number of carboxylic acids is 1. The van der Waals surface area contributed by atoms with Crippen LogP contribution in [0.25, 0.3) is 0 Å². The Kier molecular flexibility index (Phi) is 4.67. The van der Waals surface area contributed by atoms with Gasteiger partial charge in [-0.25, -0.2) is 0 Å². The number of rotatable bonds is 4. The Hall–Kier alpha value is -1.42. The maximum Gasteiger partial charge on any atom is 0.307 e. The van der Waals surface area contributed by atoms with E-state index in [0.717, 1.165) is 19.4 Å². The molecule has 3 unspecified atom stereocenters. The van der Waals surface area contributed by atoms with Crippen LogP contribution in [-0.2, 0) is 11.3 Å². The second-order valence-electron chi connectivity index (χ2n) is 6.87. The summed E-state index contributed by atoms with van der Waals surface area (Å²) in [6.07, 6.45) is 5.38. The predicted molar refractivity (Wildman–Crippen MR) is 82.9 cm³/mol. The summed E-state index contributed by atoms with van der Waals surface area (Å²) in [5.74, 6) is -0.580. The zero-order valence-corrected chi connectivity index (χ0v) is 13.4. The lowest BCUT2D eigenvalue weighted by Gasteiger charge is -2.46. The van der Waals surface area contributed by atoms with Crippen molar-refractivity contribution in [3.63, 3.8) is 0 Å². The van der Waals surface area contributed by atoms with Crippen LogP contribution in [0.1, 0.15) is 44.7 Å². The molecule has 1 aliphatic carbocycles. The van der Waals surface area contributed by atoms with Crippen molar-refractivity contribution in [2.45, 2.75) is 53.1 Å². The molecule has 0 spiro atoms. The number of hydrogen-bond acceptors (Lipinski definition) is 3. The maximum absolute atomic E-state index is 11.4. The van der Waals surface area contributed by atoms with Gasteiger partial charge in [0.25, 0.3) is 0 Å². The van der Waals surface area contributed by atoms with Crippen molar-refractivity contribution in [3.05, 3.63) is 29.6 Å². The molecule has 2 rings (SSSR count). The SMILES string of the molecule is Cc1ccncc1CNC1CCC(C(=O)O)C(C)(C)C1C. The molecule has 0 aromatic carbocycles. The second-order valence-corrected chi connectivity index (χ2v) is 6.87. The molecule has 0 amide bonds. The molecule has 21 heavy (non-hydrogen) atoms. The van der Waals surface area contributed by atoms with E-state index in [2.05, 4.69) is 38.0 Å². The highest BCUT2D eigenvalue weighted by atomic mass is 16.4. The van der Waals surface area contributed by atoms with Gasteiger partial charge in [-0.05, 0) is 48.3 Å². The molecule has 116 valence electrons. The highest BCUT2D eigenvalue weighted by Gasteiger charge is 2.45. The Morgan fingerprint density at radius 3 is 2.81 bits per heavy atom. The van der Waals surface area contributed by atoms with Gasteiger partial charge in [0, 0.05) is 25.0 Å². The van der Waals surface area contributed by atoms with E-state index in [4.69, 9.17) is 0 Å². The van der Waals surface area contributed by atoms with E-state index in [-0.39, 0.29) is 11.3 Å². The Bertz CT molecular complexity index is 513. The monoisotopic (exact) mass is 290 g/mol. The zero-order chi connectivity index (χ0) is 15.6. The van der Waals surface area contributed by atoms with E-state index in [9.17, 15) is 9.90 Å². The van der Waals surface area contributed by atoms with Gasteiger partial charge in [0.05, 0.1) is 5.92 Å². The van der Waals surface area contributed by atoms with Crippen molar-refractivity contribution < 1.29 is 9.90 Å². The topological polar surface area (TPSA) is 62.2 Å². The summed E-state index contributed by atoms with van der Waals surface area (Å²) in [4.78, 5) is 15.6. The van der Waals surface area contributed by atoms with Gasteiger partial charge >= 0.3 is 5.97 Å². The molecule has 0 saturated heterocycles. The van der Waals surface area contributed by atoms with E-state index in [0.29, 0.717) is 12.0 Å². The quantitative estimate of drug-likeness (QED) is 0.895. The first kappa shape index (κ1) is 16.0. The van der Waals surface area contributed by atoms with Crippen molar-refractivity contribution in [1.82, 2.24) is 10.3 Å². The summed E-state index contributed by atoms with van der Waals surface area (Å²) < 4.78 is 0. The smallest absolute Gasteiger partial charge is 0.307 e. The Morgan fingerprint density at radius 1 is 1.48 bits per heavy atom. The lowest BCUT2D eigenvalue weighted by molar-refractivity contribution is -0.150. The molecule has 0 radical (unpaired) electrons. The van der Waals surface area contributed by atoms with Gasteiger partial charge < -0.3 is 10.4 Å². The molecule has 0 bridgehead atoms. The van der Waals surface area contributed by atoms with Crippen LogP contribution in [0.3, 0.4) is 0 Å². The molecular weight excluding hydrogens is 264 g/mol. The zero-order valence-electron chi connectivity index (χ0n) is 13.4. The molecule has 1 aromatic heterocycles. The number of nitrogens with zero attached hydrogens (tertiary/aromatic N) is 1. The van der Waals surface area contributed by atoms with Crippen molar-refractivity contribution in [2.75, 3.05) is 0 Å². The average Bonchev–Trinajstić information content (AvgIpc) is 2.41. The first-order valence-corrected chi connectivity index (χ1v) is 7.69. The van der Waals surface area contributed by atoms with E-state index in [1.54, 1.807) is 0 Å². The van der Waals surface area contributed by atoms with Crippen LogP contribution in [0.4, 0.5) is 0 Å². The average molecular weight is 290 g/mol. The van der Waals surface area contributed by atoms with Crippen LogP contribution in [0.15, 0.2) is 18.5 Å². The van der Waals surface area contributed by atoms with Gasteiger partial charge in [0.2, 0.25) is 0 Å². The first-order valence-electron chi connectivity index (χ1n) is 7.69. The number of aryl methyl sites for hydroxylation is 1. The van der Waals surface area contributed by atoms with Gasteiger partial charge in [0.15, 0.2) is 0 Å². The molecule has 4 heteroatoms. The third-order valence-corrected chi connectivity index (χ3v) is 5.44. The lowest BCUT2D eigenvalue weighted by atomic mass is 9.61. The Labute approximate surface area is 127 Å². The molecule has 3 atom stereocenters. The molecule has 0 aliphatic heterocycles. The minimum absolute atomic E-state index is 0.189. The summed E-state index contributed by atoms with van der Waals surface area (Å²) in [7, 11) is 0. The Morgan fingerprint density at radius 2 is 2.19 bits per heavy atom. The van der Waals surface area contributed by atoms with E-state index < -0.39 is 5.97 Å². The summed E-state index contributed by atoms with van der Waals surface area (Å²) in [5.41, 5.74) is 2.26. The fraction of sp³-hybridized carbons (Fsp3) is 0.647. The molecule has 4 nitrogen and oxygen atoms in total. The number of nitrogens with one attached hydrogen (secondary N) is 1. The van der Waals surface area contributed by atoms with Gasteiger partial charge in [0.1, 0.15) is 0 Å². The summed E-state index contributed by atoms with van der Waals surface area (Å²) in [6.45, 7) is 9.22. The van der Waals surface area contributed by atoms with Crippen LogP contribution in [-0.4, -0.2) is 22.1 Å². The molecule has 1 aliphatic rings. The van der Waals surface area contributed by atoms with Crippen LogP contribution in [0, 0.1) is 24.2 Å². The molecule has 2 N–H and O–H groups in total. The van der Waals surface area contributed by atoms with Crippen LogP contribution in [0.5, 0.6) is 0 Å². The largest absolute Gasteiger partial charge is 0.481 e. The normalized spacial score (nSPS) is 28.3. The predicted octanol–water partition coefficient (Wildman–Crippen LogP) is 3.01. The van der Waals surface area contributed by atoms with Gasteiger partial charge in [-0.3, -0.25) is 9.78 Å². The minimum Gasteiger partial charge on any atom is -0.481 e. The van der Waals surface area contributed by atoms with Crippen molar-refractivity contribution in [2.24, 2.45) is 17.3 Å². The summed E-state index contributed by atoms with van der Waals surface area (Å²) in [6, 6.07) is 2.38. The van der Waals surface area contributed by atoms with Crippen LogP contribution >= 0.6 is 0 Å².